The largest absolute Gasteiger partial charge is 0.480 e. The number of nitrogens with one attached hydrogen (secondary N) is 1. The molecule has 3 rings (SSSR count). The molecule has 0 aromatic rings. The zero-order chi connectivity index (χ0) is 14.2. The van der Waals surface area contributed by atoms with Gasteiger partial charge in [-0.25, -0.2) is 0 Å². The fourth-order valence-corrected chi connectivity index (χ4v) is 3.41. The van der Waals surface area contributed by atoms with E-state index >= 15 is 0 Å². The zero-order valence-electron chi connectivity index (χ0n) is 12.3. The van der Waals surface area contributed by atoms with Crippen molar-refractivity contribution < 1.29 is 14.6 Å². The molecular weight excluding hydrogens is 256 g/mol. The molecule has 114 valence electrons. The van der Waals surface area contributed by atoms with Crippen molar-refractivity contribution in [3.63, 3.8) is 0 Å². The number of rotatable bonds is 7. The van der Waals surface area contributed by atoms with E-state index in [1.807, 2.05) is 0 Å². The Morgan fingerprint density at radius 2 is 1.90 bits per heavy atom. The Kier molecular flexibility index (Phi) is 4.02. The molecule has 0 aromatic carbocycles. The van der Waals surface area contributed by atoms with E-state index < -0.39 is 11.5 Å². The summed E-state index contributed by atoms with van der Waals surface area (Å²) in [5.74, 6) is -0.353. The fourth-order valence-electron chi connectivity index (χ4n) is 3.41. The van der Waals surface area contributed by atoms with Gasteiger partial charge in [0.25, 0.3) is 0 Å². The van der Waals surface area contributed by atoms with Gasteiger partial charge in [-0.2, -0.15) is 0 Å². The first-order valence-corrected chi connectivity index (χ1v) is 7.91. The van der Waals surface area contributed by atoms with Gasteiger partial charge < -0.3 is 14.7 Å². The maximum Gasteiger partial charge on any atom is 0.325 e. The number of hydrogen-bond donors (Lipinski definition) is 2. The molecule has 5 heteroatoms. The average molecular weight is 282 g/mol. The minimum absolute atomic E-state index is 0.308. The van der Waals surface area contributed by atoms with Crippen molar-refractivity contribution in [2.24, 2.45) is 5.92 Å². The van der Waals surface area contributed by atoms with Crippen LogP contribution in [0.2, 0.25) is 0 Å². The van der Waals surface area contributed by atoms with Gasteiger partial charge in [0, 0.05) is 31.8 Å². The SMILES string of the molecule is CN(CC(NC1CC1)(C(=O)O)C1CC1)C1CCOCC1. The molecule has 0 amide bonds. The molecule has 3 fully saturated rings. The first-order valence-electron chi connectivity index (χ1n) is 7.91. The maximum atomic E-state index is 12.0. The minimum Gasteiger partial charge on any atom is -0.480 e. The molecule has 2 N–H and O–H groups in total. The first-order chi connectivity index (χ1) is 9.62. The lowest BCUT2D eigenvalue weighted by Gasteiger charge is -2.39. The molecule has 0 radical (unpaired) electrons. The summed E-state index contributed by atoms with van der Waals surface area (Å²) < 4.78 is 5.40. The number of carboxylic acids is 1. The molecule has 20 heavy (non-hydrogen) atoms. The maximum absolute atomic E-state index is 12.0. The van der Waals surface area contributed by atoms with E-state index in [-0.39, 0.29) is 0 Å². The molecule has 2 aliphatic carbocycles. The van der Waals surface area contributed by atoms with Gasteiger partial charge in [-0.3, -0.25) is 10.1 Å². The molecule has 1 atom stereocenters. The standard InChI is InChI=1S/C15H26N2O3/c1-17(13-6-8-20-9-7-13)10-15(14(18)19,11-2-3-11)16-12-4-5-12/h11-13,16H,2-10H2,1H3,(H,18,19). The molecule has 0 bridgehead atoms. The topological polar surface area (TPSA) is 61.8 Å². The lowest BCUT2D eigenvalue weighted by Crippen LogP contribution is -2.62. The van der Waals surface area contributed by atoms with Crippen LogP contribution in [0.15, 0.2) is 0 Å². The molecule has 1 aliphatic heterocycles. The van der Waals surface area contributed by atoms with Crippen LogP contribution in [0.1, 0.15) is 38.5 Å². The highest BCUT2D eigenvalue weighted by Gasteiger charge is 2.54. The second-order valence-electron chi connectivity index (χ2n) is 6.73. The monoisotopic (exact) mass is 282 g/mol. The molecule has 1 heterocycles. The third kappa shape index (κ3) is 3.00. The molecule has 3 aliphatic rings. The lowest BCUT2D eigenvalue weighted by atomic mass is 9.91. The smallest absolute Gasteiger partial charge is 0.325 e. The third-order valence-electron chi connectivity index (χ3n) is 5.01. The van der Waals surface area contributed by atoms with Crippen molar-refractivity contribution in [3.05, 3.63) is 0 Å². The molecule has 2 saturated carbocycles. The van der Waals surface area contributed by atoms with E-state index in [1.165, 1.54) is 0 Å². The van der Waals surface area contributed by atoms with E-state index in [0.29, 0.717) is 24.5 Å². The number of hydrogen-bond acceptors (Lipinski definition) is 4. The predicted octanol–water partition coefficient (Wildman–Crippen LogP) is 1.08. The van der Waals surface area contributed by atoms with Crippen molar-refractivity contribution in [3.8, 4) is 0 Å². The van der Waals surface area contributed by atoms with Crippen LogP contribution in [-0.4, -0.2) is 60.4 Å². The highest BCUT2D eigenvalue weighted by Crippen LogP contribution is 2.42. The van der Waals surface area contributed by atoms with Crippen LogP contribution in [0.3, 0.4) is 0 Å². The summed E-state index contributed by atoms with van der Waals surface area (Å²) in [7, 11) is 2.07. The zero-order valence-corrected chi connectivity index (χ0v) is 12.3. The Morgan fingerprint density at radius 3 is 2.40 bits per heavy atom. The van der Waals surface area contributed by atoms with Crippen molar-refractivity contribution in [1.82, 2.24) is 10.2 Å². The second-order valence-corrected chi connectivity index (χ2v) is 6.73. The van der Waals surface area contributed by atoms with E-state index in [9.17, 15) is 9.90 Å². The Labute approximate surface area is 120 Å². The molecule has 1 unspecified atom stereocenters. The highest BCUT2D eigenvalue weighted by atomic mass is 16.5. The van der Waals surface area contributed by atoms with Crippen LogP contribution < -0.4 is 5.32 Å². The van der Waals surface area contributed by atoms with Crippen LogP contribution in [0.4, 0.5) is 0 Å². The van der Waals surface area contributed by atoms with Gasteiger partial charge in [0.15, 0.2) is 0 Å². The van der Waals surface area contributed by atoms with Crippen molar-refractivity contribution >= 4 is 5.97 Å². The summed E-state index contributed by atoms with van der Waals surface area (Å²) in [4.78, 5) is 14.2. The van der Waals surface area contributed by atoms with Crippen molar-refractivity contribution in [2.75, 3.05) is 26.8 Å². The van der Waals surface area contributed by atoms with Gasteiger partial charge >= 0.3 is 5.97 Å². The van der Waals surface area contributed by atoms with Crippen LogP contribution >= 0.6 is 0 Å². The number of likely N-dealkylation sites (N-methyl/N-ethyl adjacent to an activating group) is 1. The Hall–Kier alpha value is -0.650. The summed E-state index contributed by atoms with van der Waals surface area (Å²) in [5.41, 5.74) is -0.728. The molecule has 5 nitrogen and oxygen atoms in total. The van der Waals surface area contributed by atoms with Gasteiger partial charge in [-0.15, -0.1) is 0 Å². The van der Waals surface area contributed by atoms with Crippen molar-refractivity contribution in [1.29, 1.82) is 0 Å². The molecule has 0 aromatic heterocycles. The van der Waals surface area contributed by atoms with Gasteiger partial charge in [0.1, 0.15) is 5.54 Å². The van der Waals surface area contributed by atoms with Gasteiger partial charge in [0.05, 0.1) is 0 Å². The summed E-state index contributed by atoms with van der Waals surface area (Å²) in [6.45, 7) is 2.22. The highest BCUT2D eigenvalue weighted by molar-refractivity contribution is 5.80. The van der Waals surface area contributed by atoms with E-state index in [1.54, 1.807) is 0 Å². The summed E-state index contributed by atoms with van der Waals surface area (Å²) in [6, 6.07) is 0.886. The fraction of sp³-hybridized carbons (Fsp3) is 0.933. The number of carboxylic acid groups (broad SMARTS) is 1. The van der Waals surface area contributed by atoms with Crippen LogP contribution in [0.25, 0.3) is 0 Å². The van der Waals surface area contributed by atoms with Crippen molar-refractivity contribution in [2.45, 2.75) is 56.1 Å². The van der Waals surface area contributed by atoms with Gasteiger partial charge in [-0.05, 0) is 51.5 Å². The second kappa shape index (κ2) is 5.62. The van der Waals surface area contributed by atoms with E-state index in [0.717, 1.165) is 51.7 Å². The first kappa shape index (κ1) is 14.3. The quantitative estimate of drug-likeness (QED) is 0.732. The molecule has 1 saturated heterocycles. The summed E-state index contributed by atoms with van der Waals surface area (Å²) in [6.07, 6.45) is 6.38. The molecule has 0 spiro atoms. The Balaban J connectivity index is 1.69. The Bertz CT molecular complexity index is 362. The average Bonchev–Trinajstić information content (AvgIpc) is 3.31. The summed E-state index contributed by atoms with van der Waals surface area (Å²) in [5, 5.41) is 13.3. The Morgan fingerprint density at radius 1 is 1.25 bits per heavy atom. The summed E-state index contributed by atoms with van der Waals surface area (Å²) >= 11 is 0. The number of aliphatic carboxylic acids is 1. The van der Waals surface area contributed by atoms with E-state index in [4.69, 9.17) is 4.74 Å². The number of carbonyl (C=O) groups is 1. The van der Waals surface area contributed by atoms with Crippen LogP contribution in [0.5, 0.6) is 0 Å². The normalized spacial score (nSPS) is 27.5. The minimum atomic E-state index is -0.728. The van der Waals surface area contributed by atoms with Crippen LogP contribution in [-0.2, 0) is 9.53 Å². The lowest BCUT2D eigenvalue weighted by molar-refractivity contribution is -0.147. The molecular formula is C15H26N2O3. The third-order valence-corrected chi connectivity index (χ3v) is 5.01. The van der Waals surface area contributed by atoms with Gasteiger partial charge in [0.2, 0.25) is 0 Å². The van der Waals surface area contributed by atoms with Crippen LogP contribution in [0, 0.1) is 5.92 Å². The number of ether oxygens (including phenoxy) is 1. The number of nitrogens with zero attached hydrogens (tertiary/aromatic N) is 1. The predicted molar refractivity (Wildman–Crippen MR) is 75.7 cm³/mol. The van der Waals surface area contributed by atoms with E-state index in [2.05, 4.69) is 17.3 Å². The van der Waals surface area contributed by atoms with Gasteiger partial charge in [-0.1, -0.05) is 0 Å².